The van der Waals surface area contributed by atoms with Gasteiger partial charge in [0.15, 0.2) is 0 Å². The first-order chi connectivity index (χ1) is 4.20. The van der Waals surface area contributed by atoms with Gasteiger partial charge in [0.05, 0.1) is 0 Å². The quantitative estimate of drug-likeness (QED) is 0.543. The predicted octanol–water partition coefficient (Wildman–Crippen LogP) is 3.28. The van der Waals surface area contributed by atoms with Crippen LogP contribution in [0.4, 0.5) is 0 Å². The van der Waals surface area contributed by atoms with E-state index in [2.05, 4.69) is 27.7 Å². The van der Waals surface area contributed by atoms with Crippen molar-refractivity contribution in [2.75, 3.05) is 0 Å². The first-order valence-corrected chi connectivity index (χ1v) is 3.99. The van der Waals surface area contributed by atoms with E-state index in [1.807, 2.05) is 0 Å². The van der Waals surface area contributed by atoms with Crippen LogP contribution < -0.4 is 0 Å². The molecule has 0 heterocycles. The Labute approximate surface area is 59.7 Å². The van der Waals surface area contributed by atoms with Crippen LogP contribution in [0.1, 0.15) is 40.0 Å². The average Bonchev–Trinajstić information content (AvgIpc) is 1.87. The summed E-state index contributed by atoms with van der Waals surface area (Å²) < 4.78 is 0. The third kappa shape index (κ3) is 4.50. The average molecular weight is 127 g/mol. The molecule has 0 aromatic rings. The molecule has 1 radical (unpaired) electrons. The standard InChI is InChI=1S/C9H19/c1-5-8(3)7-9(4)6-2/h8-9H,1,5-7H2,2-4H3. The van der Waals surface area contributed by atoms with E-state index >= 15 is 0 Å². The molecule has 0 saturated carbocycles. The Morgan fingerprint density at radius 1 is 1.22 bits per heavy atom. The van der Waals surface area contributed by atoms with Crippen molar-refractivity contribution in [3.63, 3.8) is 0 Å². The second-order valence-corrected chi connectivity index (χ2v) is 3.14. The fourth-order valence-corrected chi connectivity index (χ4v) is 0.971. The van der Waals surface area contributed by atoms with Crippen molar-refractivity contribution in [2.45, 2.75) is 40.0 Å². The zero-order valence-corrected chi connectivity index (χ0v) is 6.98. The zero-order valence-electron chi connectivity index (χ0n) is 6.98. The molecule has 0 aliphatic heterocycles. The summed E-state index contributed by atoms with van der Waals surface area (Å²) >= 11 is 0. The van der Waals surface area contributed by atoms with E-state index in [1.165, 1.54) is 12.8 Å². The lowest BCUT2D eigenvalue weighted by atomic mass is 9.94. The predicted molar refractivity (Wildman–Crippen MR) is 43.2 cm³/mol. The molecule has 0 nitrogen and oxygen atoms in total. The van der Waals surface area contributed by atoms with Crippen LogP contribution in [0.3, 0.4) is 0 Å². The summed E-state index contributed by atoms with van der Waals surface area (Å²) in [7, 11) is 0. The third-order valence-electron chi connectivity index (χ3n) is 1.99. The van der Waals surface area contributed by atoms with Gasteiger partial charge in [-0.1, -0.05) is 40.5 Å². The van der Waals surface area contributed by atoms with Crippen molar-refractivity contribution in [3.05, 3.63) is 6.92 Å². The van der Waals surface area contributed by atoms with Gasteiger partial charge in [-0.05, 0) is 18.3 Å². The molecule has 2 atom stereocenters. The maximum Gasteiger partial charge on any atom is -0.0440 e. The summed E-state index contributed by atoms with van der Waals surface area (Å²) in [5.41, 5.74) is 0. The minimum atomic E-state index is 0.819. The van der Waals surface area contributed by atoms with E-state index in [1.54, 1.807) is 0 Å². The van der Waals surface area contributed by atoms with Gasteiger partial charge in [-0.3, -0.25) is 0 Å². The SMILES string of the molecule is [CH2]CC(C)CC(C)CC. The Hall–Kier alpha value is 0. The second kappa shape index (κ2) is 4.84. The van der Waals surface area contributed by atoms with E-state index in [9.17, 15) is 0 Å². The van der Waals surface area contributed by atoms with E-state index in [-0.39, 0.29) is 0 Å². The molecule has 0 N–H and O–H groups in total. The lowest BCUT2D eigenvalue weighted by molar-refractivity contribution is 0.407. The Bertz CT molecular complexity index is 49.1. The molecule has 9 heavy (non-hydrogen) atoms. The van der Waals surface area contributed by atoms with Gasteiger partial charge in [0.2, 0.25) is 0 Å². The highest BCUT2D eigenvalue weighted by atomic mass is 14.1. The molecule has 0 aromatic heterocycles. The number of hydrogen-bond donors (Lipinski definition) is 0. The van der Waals surface area contributed by atoms with Crippen molar-refractivity contribution in [3.8, 4) is 0 Å². The molecule has 0 aliphatic rings. The number of rotatable bonds is 4. The van der Waals surface area contributed by atoms with Crippen LogP contribution in [0.25, 0.3) is 0 Å². The summed E-state index contributed by atoms with van der Waals surface area (Å²) in [6.07, 6.45) is 3.74. The molecular formula is C9H19. The van der Waals surface area contributed by atoms with E-state index in [4.69, 9.17) is 0 Å². The second-order valence-electron chi connectivity index (χ2n) is 3.14. The highest BCUT2D eigenvalue weighted by Gasteiger charge is 2.03. The van der Waals surface area contributed by atoms with Gasteiger partial charge < -0.3 is 0 Å². The Morgan fingerprint density at radius 3 is 2.11 bits per heavy atom. The maximum atomic E-state index is 3.87. The molecule has 0 spiro atoms. The molecule has 0 amide bonds. The van der Waals surface area contributed by atoms with Gasteiger partial charge in [0, 0.05) is 0 Å². The molecule has 0 fully saturated rings. The summed E-state index contributed by atoms with van der Waals surface area (Å²) in [6.45, 7) is 10.7. The molecule has 55 valence electrons. The van der Waals surface area contributed by atoms with Gasteiger partial charge in [-0.2, -0.15) is 0 Å². The highest BCUT2D eigenvalue weighted by molar-refractivity contribution is 4.58. The largest absolute Gasteiger partial charge is 0.0651 e. The summed E-state index contributed by atoms with van der Waals surface area (Å²) in [5, 5.41) is 0. The van der Waals surface area contributed by atoms with Gasteiger partial charge in [0.25, 0.3) is 0 Å². The maximum absolute atomic E-state index is 3.87. The smallest absolute Gasteiger partial charge is 0.0440 e. The zero-order chi connectivity index (χ0) is 7.28. The molecule has 0 aliphatic carbocycles. The Kier molecular flexibility index (Phi) is 4.84. The fourth-order valence-electron chi connectivity index (χ4n) is 0.971. The van der Waals surface area contributed by atoms with Crippen LogP contribution >= 0.6 is 0 Å². The first-order valence-electron chi connectivity index (χ1n) is 3.99. The van der Waals surface area contributed by atoms with Crippen LogP contribution in [0.2, 0.25) is 0 Å². The van der Waals surface area contributed by atoms with Crippen molar-refractivity contribution in [1.29, 1.82) is 0 Å². The number of hydrogen-bond acceptors (Lipinski definition) is 0. The van der Waals surface area contributed by atoms with Crippen molar-refractivity contribution < 1.29 is 0 Å². The minimum absolute atomic E-state index is 0.819. The van der Waals surface area contributed by atoms with Crippen LogP contribution in [0.5, 0.6) is 0 Å². The van der Waals surface area contributed by atoms with Gasteiger partial charge in [-0.25, -0.2) is 0 Å². The topological polar surface area (TPSA) is 0 Å². The molecule has 0 heteroatoms. The Balaban J connectivity index is 3.22. The van der Waals surface area contributed by atoms with E-state index in [0.29, 0.717) is 0 Å². The fraction of sp³-hybridized carbons (Fsp3) is 0.889. The third-order valence-corrected chi connectivity index (χ3v) is 1.99. The van der Waals surface area contributed by atoms with Gasteiger partial charge in [0.1, 0.15) is 0 Å². The first kappa shape index (κ1) is 9.00. The van der Waals surface area contributed by atoms with Gasteiger partial charge >= 0.3 is 0 Å². The normalized spacial score (nSPS) is 17.3. The molecule has 0 bridgehead atoms. The van der Waals surface area contributed by atoms with Gasteiger partial charge in [-0.15, -0.1) is 0 Å². The van der Waals surface area contributed by atoms with E-state index < -0.39 is 0 Å². The van der Waals surface area contributed by atoms with Crippen LogP contribution in [0, 0.1) is 18.8 Å². The molecule has 0 rings (SSSR count). The molecular weight excluding hydrogens is 108 g/mol. The molecule has 0 aromatic carbocycles. The summed E-state index contributed by atoms with van der Waals surface area (Å²) in [5.74, 6) is 1.71. The molecule has 0 saturated heterocycles. The van der Waals surface area contributed by atoms with E-state index in [0.717, 1.165) is 18.3 Å². The highest BCUT2D eigenvalue weighted by Crippen LogP contribution is 2.16. The van der Waals surface area contributed by atoms with Crippen LogP contribution in [-0.4, -0.2) is 0 Å². The summed E-state index contributed by atoms with van der Waals surface area (Å²) in [4.78, 5) is 0. The van der Waals surface area contributed by atoms with Crippen molar-refractivity contribution >= 4 is 0 Å². The lowest BCUT2D eigenvalue weighted by Gasteiger charge is -2.12. The lowest BCUT2D eigenvalue weighted by Crippen LogP contribution is -2.00. The van der Waals surface area contributed by atoms with Crippen LogP contribution in [-0.2, 0) is 0 Å². The Morgan fingerprint density at radius 2 is 1.78 bits per heavy atom. The molecule has 2 unspecified atom stereocenters. The van der Waals surface area contributed by atoms with Crippen molar-refractivity contribution in [1.82, 2.24) is 0 Å². The monoisotopic (exact) mass is 127 g/mol. The summed E-state index contributed by atoms with van der Waals surface area (Å²) in [6, 6.07) is 0. The van der Waals surface area contributed by atoms with Crippen molar-refractivity contribution in [2.24, 2.45) is 11.8 Å². The minimum Gasteiger partial charge on any atom is -0.0651 e. The van der Waals surface area contributed by atoms with Crippen LogP contribution in [0.15, 0.2) is 0 Å².